The van der Waals surface area contributed by atoms with Crippen LogP contribution in [-0.2, 0) is 6.42 Å². The lowest BCUT2D eigenvalue weighted by Gasteiger charge is -2.11. The van der Waals surface area contributed by atoms with Gasteiger partial charge in [0.1, 0.15) is 5.76 Å². The second kappa shape index (κ2) is 4.94. The Morgan fingerprint density at radius 3 is 2.87 bits per heavy atom. The van der Waals surface area contributed by atoms with Crippen molar-refractivity contribution >= 4 is 27.3 Å². The molecule has 5 heteroatoms. The Morgan fingerprint density at radius 2 is 2.33 bits per heavy atom. The summed E-state index contributed by atoms with van der Waals surface area (Å²) >= 11 is 5.14. The molecule has 0 fully saturated rings. The van der Waals surface area contributed by atoms with Gasteiger partial charge in [-0.15, -0.1) is 11.3 Å². The summed E-state index contributed by atoms with van der Waals surface area (Å²) in [5, 5.41) is 0. The maximum Gasteiger partial charge on any atom is 0.122 e. The highest BCUT2D eigenvalue weighted by Gasteiger charge is 2.14. The van der Waals surface area contributed by atoms with Crippen molar-refractivity contribution in [3.05, 3.63) is 45.0 Å². The van der Waals surface area contributed by atoms with Gasteiger partial charge in [-0.1, -0.05) is 0 Å². The molecule has 1 atom stereocenters. The number of rotatable bonds is 4. The van der Waals surface area contributed by atoms with Crippen LogP contribution in [0.4, 0.5) is 0 Å². The molecule has 0 amide bonds. The Morgan fingerprint density at radius 1 is 1.47 bits per heavy atom. The Labute approximate surface area is 100 Å². The largest absolute Gasteiger partial charge is 0.468 e. The number of hydrogen-bond donors (Lipinski definition) is 2. The van der Waals surface area contributed by atoms with Crippen molar-refractivity contribution in [3.63, 3.8) is 0 Å². The van der Waals surface area contributed by atoms with Gasteiger partial charge in [-0.2, -0.15) is 0 Å². The van der Waals surface area contributed by atoms with Gasteiger partial charge in [0.25, 0.3) is 0 Å². The quantitative estimate of drug-likeness (QED) is 0.671. The molecule has 1 unspecified atom stereocenters. The minimum atomic E-state index is 0.0329. The summed E-state index contributed by atoms with van der Waals surface area (Å²) < 4.78 is 6.45. The van der Waals surface area contributed by atoms with Gasteiger partial charge in [0.15, 0.2) is 0 Å². The molecule has 2 heterocycles. The van der Waals surface area contributed by atoms with Gasteiger partial charge in [0.05, 0.1) is 16.1 Å². The van der Waals surface area contributed by atoms with Crippen molar-refractivity contribution in [2.75, 3.05) is 0 Å². The van der Waals surface area contributed by atoms with Crippen molar-refractivity contribution < 1.29 is 4.42 Å². The summed E-state index contributed by atoms with van der Waals surface area (Å²) in [7, 11) is 0. The van der Waals surface area contributed by atoms with Gasteiger partial charge in [-0.05, 0) is 40.2 Å². The minimum Gasteiger partial charge on any atom is -0.468 e. The Bertz CT molecular complexity index is 413. The summed E-state index contributed by atoms with van der Waals surface area (Å²) in [5.74, 6) is 6.36. The molecule has 2 aromatic rings. The normalized spacial score (nSPS) is 12.9. The zero-order valence-corrected chi connectivity index (χ0v) is 10.3. The zero-order chi connectivity index (χ0) is 10.7. The minimum absolute atomic E-state index is 0.0329. The molecule has 0 saturated heterocycles. The molecular formula is C10H11BrN2OS. The fraction of sp³-hybridized carbons (Fsp3) is 0.200. The topological polar surface area (TPSA) is 51.2 Å². The van der Waals surface area contributed by atoms with Gasteiger partial charge in [0.2, 0.25) is 0 Å². The standard InChI is InChI=1S/C10H11BrN2OS/c11-10-4-3-7(15-10)6-8(13-12)9-2-1-5-14-9/h1-5,8,13H,6,12H2. The van der Waals surface area contributed by atoms with Gasteiger partial charge < -0.3 is 4.42 Å². The number of nitrogens with two attached hydrogens (primary N) is 1. The second-order valence-corrected chi connectivity index (χ2v) is 5.69. The van der Waals surface area contributed by atoms with Crippen LogP contribution in [0.3, 0.4) is 0 Å². The van der Waals surface area contributed by atoms with E-state index in [0.29, 0.717) is 0 Å². The van der Waals surface area contributed by atoms with Crippen LogP contribution in [0.5, 0.6) is 0 Å². The van der Waals surface area contributed by atoms with Gasteiger partial charge >= 0.3 is 0 Å². The monoisotopic (exact) mass is 286 g/mol. The third-order valence-corrected chi connectivity index (χ3v) is 3.77. The third kappa shape index (κ3) is 2.69. The molecule has 0 radical (unpaired) electrons. The van der Waals surface area contributed by atoms with Crippen molar-refractivity contribution in [3.8, 4) is 0 Å². The van der Waals surface area contributed by atoms with Crippen molar-refractivity contribution in [1.82, 2.24) is 5.43 Å². The highest BCUT2D eigenvalue weighted by molar-refractivity contribution is 9.11. The third-order valence-electron chi connectivity index (χ3n) is 2.12. The Kier molecular flexibility index (Phi) is 3.58. The van der Waals surface area contributed by atoms with Crippen LogP contribution >= 0.6 is 27.3 Å². The van der Waals surface area contributed by atoms with Crippen LogP contribution in [-0.4, -0.2) is 0 Å². The molecule has 3 N–H and O–H groups in total. The predicted molar refractivity (Wildman–Crippen MR) is 64.5 cm³/mol. The first kappa shape index (κ1) is 10.9. The van der Waals surface area contributed by atoms with E-state index in [9.17, 15) is 0 Å². The lowest BCUT2D eigenvalue weighted by Crippen LogP contribution is -2.29. The number of halogens is 1. The van der Waals surface area contributed by atoms with E-state index in [1.165, 1.54) is 4.88 Å². The summed E-state index contributed by atoms with van der Waals surface area (Å²) in [5.41, 5.74) is 2.76. The first-order valence-corrected chi connectivity index (χ1v) is 6.14. The molecule has 0 saturated carbocycles. The van der Waals surface area contributed by atoms with Gasteiger partial charge in [-0.3, -0.25) is 5.84 Å². The van der Waals surface area contributed by atoms with Crippen LogP contribution in [0.2, 0.25) is 0 Å². The number of hydrazine groups is 1. The van der Waals surface area contributed by atoms with Crippen molar-refractivity contribution in [2.45, 2.75) is 12.5 Å². The second-order valence-electron chi connectivity index (χ2n) is 3.14. The highest BCUT2D eigenvalue weighted by Crippen LogP contribution is 2.26. The Balaban J connectivity index is 2.09. The van der Waals surface area contributed by atoms with E-state index < -0.39 is 0 Å². The van der Waals surface area contributed by atoms with Crippen LogP contribution in [0, 0.1) is 0 Å². The van der Waals surface area contributed by atoms with E-state index in [1.807, 2.05) is 18.2 Å². The van der Waals surface area contributed by atoms with E-state index in [1.54, 1.807) is 17.6 Å². The molecule has 80 valence electrons. The zero-order valence-electron chi connectivity index (χ0n) is 7.94. The summed E-state index contributed by atoms with van der Waals surface area (Å²) in [6.07, 6.45) is 2.49. The molecular weight excluding hydrogens is 276 g/mol. The lowest BCUT2D eigenvalue weighted by atomic mass is 10.1. The molecule has 0 aliphatic rings. The smallest absolute Gasteiger partial charge is 0.122 e. The van der Waals surface area contributed by atoms with E-state index in [-0.39, 0.29) is 6.04 Å². The number of nitrogens with one attached hydrogen (secondary N) is 1. The predicted octanol–water partition coefficient (Wildman–Crippen LogP) is 2.85. The van der Waals surface area contributed by atoms with Crippen LogP contribution in [0.1, 0.15) is 16.7 Å². The van der Waals surface area contributed by atoms with E-state index in [2.05, 4.69) is 27.4 Å². The molecule has 0 aliphatic heterocycles. The molecule has 3 nitrogen and oxygen atoms in total. The summed E-state index contributed by atoms with van der Waals surface area (Å²) in [6, 6.07) is 7.94. The maximum absolute atomic E-state index is 5.50. The van der Waals surface area contributed by atoms with E-state index >= 15 is 0 Å². The maximum atomic E-state index is 5.50. The van der Waals surface area contributed by atoms with Crippen LogP contribution < -0.4 is 11.3 Å². The summed E-state index contributed by atoms with van der Waals surface area (Å²) in [4.78, 5) is 1.27. The van der Waals surface area contributed by atoms with Crippen molar-refractivity contribution in [1.29, 1.82) is 0 Å². The molecule has 0 bridgehead atoms. The number of hydrogen-bond acceptors (Lipinski definition) is 4. The van der Waals surface area contributed by atoms with Gasteiger partial charge in [-0.25, -0.2) is 5.43 Å². The molecule has 0 spiro atoms. The van der Waals surface area contributed by atoms with Gasteiger partial charge in [0, 0.05) is 11.3 Å². The summed E-state index contributed by atoms with van der Waals surface area (Å²) in [6.45, 7) is 0. The molecule has 0 aliphatic carbocycles. The first-order chi connectivity index (χ1) is 7.29. The molecule has 2 aromatic heterocycles. The Hall–Kier alpha value is -0.620. The van der Waals surface area contributed by atoms with Crippen molar-refractivity contribution in [2.24, 2.45) is 5.84 Å². The lowest BCUT2D eigenvalue weighted by molar-refractivity contribution is 0.417. The van der Waals surface area contributed by atoms with E-state index in [0.717, 1.165) is 16.0 Å². The molecule has 0 aromatic carbocycles. The molecule has 2 rings (SSSR count). The number of furan rings is 1. The average molecular weight is 287 g/mol. The number of thiophene rings is 1. The van der Waals surface area contributed by atoms with Crippen LogP contribution in [0.15, 0.2) is 38.7 Å². The van der Waals surface area contributed by atoms with E-state index in [4.69, 9.17) is 10.3 Å². The first-order valence-electron chi connectivity index (χ1n) is 4.53. The average Bonchev–Trinajstić information content (AvgIpc) is 2.85. The van der Waals surface area contributed by atoms with Crippen LogP contribution in [0.25, 0.3) is 0 Å². The highest BCUT2D eigenvalue weighted by atomic mass is 79.9. The fourth-order valence-electron chi connectivity index (χ4n) is 1.39. The fourth-order valence-corrected chi connectivity index (χ4v) is 2.92. The SMILES string of the molecule is NNC(Cc1ccc(Br)s1)c1ccco1. The molecule has 15 heavy (non-hydrogen) atoms.